The summed E-state index contributed by atoms with van der Waals surface area (Å²) in [6.07, 6.45) is 4.02. The number of carbonyl (C=O) groups is 1. The highest BCUT2D eigenvalue weighted by Gasteiger charge is 2.16. The molecule has 33 heavy (non-hydrogen) atoms. The molecule has 0 radical (unpaired) electrons. The Morgan fingerprint density at radius 2 is 1.79 bits per heavy atom. The molecule has 1 aromatic carbocycles. The maximum absolute atomic E-state index is 13.0. The van der Waals surface area contributed by atoms with Crippen molar-refractivity contribution >= 4 is 51.9 Å². The standard InChI is InChI=1S/C22H26Cl3N5O3/c1-2-3-5-11-29-19-18(27-21(25)28-19)20(32)30(22(29)33)12-6-4-10-16(31)26-13-14-8-7-9-15(23)17(14)24/h7-9H,2-6,10-13H2,1H3,(H,26,31)(H,27,28). The summed E-state index contributed by atoms with van der Waals surface area (Å²) in [6.45, 7) is 3.01. The highest BCUT2D eigenvalue weighted by atomic mass is 35.5. The number of carbonyl (C=O) groups excluding carboxylic acids is 1. The van der Waals surface area contributed by atoms with E-state index in [0.29, 0.717) is 29.4 Å². The topological polar surface area (TPSA) is 102 Å². The summed E-state index contributed by atoms with van der Waals surface area (Å²) in [5, 5.41) is 3.73. The zero-order valence-corrected chi connectivity index (χ0v) is 20.6. The van der Waals surface area contributed by atoms with E-state index in [2.05, 4.69) is 22.2 Å². The van der Waals surface area contributed by atoms with Crippen molar-refractivity contribution in [3.63, 3.8) is 0 Å². The van der Waals surface area contributed by atoms with Gasteiger partial charge < -0.3 is 10.3 Å². The predicted octanol–water partition coefficient (Wildman–Crippen LogP) is 4.52. The number of benzene rings is 1. The molecule has 0 bridgehead atoms. The Balaban J connectivity index is 1.61. The van der Waals surface area contributed by atoms with Gasteiger partial charge in [-0.2, -0.15) is 4.98 Å². The number of aromatic amines is 1. The molecule has 0 unspecified atom stereocenters. The summed E-state index contributed by atoms with van der Waals surface area (Å²) in [7, 11) is 0. The summed E-state index contributed by atoms with van der Waals surface area (Å²) in [5.41, 5.74) is 0.362. The number of H-pyrrole nitrogens is 1. The molecule has 3 rings (SSSR count). The van der Waals surface area contributed by atoms with Crippen LogP contribution in [0.4, 0.5) is 0 Å². The van der Waals surface area contributed by atoms with Crippen molar-refractivity contribution in [2.45, 2.75) is 65.1 Å². The number of nitrogens with one attached hydrogen (secondary N) is 2. The molecular weight excluding hydrogens is 489 g/mol. The number of imidazole rings is 1. The molecule has 2 N–H and O–H groups in total. The van der Waals surface area contributed by atoms with Crippen LogP contribution in [0.15, 0.2) is 27.8 Å². The first kappa shape index (κ1) is 25.3. The van der Waals surface area contributed by atoms with E-state index in [0.717, 1.165) is 24.8 Å². The largest absolute Gasteiger partial charge is 0.352 e. The first-order valence-corrected chi connectivity index (χ1v) is 12.0. The summed E-state index contributed by atoms with van der Waals surface area (Å²) in [4.78, 5) is 44.8. The molecule has 11 heteroatoms. The number of fused-ring (bicyclic) bond motifs is 1. The monoisotopic (exact) mass is 513 g/mol. The van der Waals surface area contributed by atoms with E-state index in [1.165, 1.54) is 9.13 Å². The Morgan fingerprint density at radius 3 is 2.55 bits per heavy atom. The van der Waals surface area contributed by atoms with Gasteiger partial charge in [0.05, 0.1) is 10.0 Å². The van der Waals surface area contributed by atoms with Gasteiger partial charge in [0.15, 0.2) is 11.2 Å². The zero-order valence-electron chi connectivity index (χ0n) is 18.3. The number of halogens is 3. The number of amides is 1. The van der Waals surface area contributed by atoms with E-state index in [9.17, 15) is 14.4 Å². The van der Waals surface area contributed by atoms with Crippen molar-refractivity contribution < 1.29 is 4.79 Å². The molecule has 0 atom stereocenters. The van der Waals surface area contributed by atoms with Crippen molar-refractivity contribution in [1.29, 1.82) is 0 Å². The number of aryl methyl sites for hydroxylation is 1. The van der Waals surface area contributed by atoms with E-state index in [4.69, 9.17) is 34.8 Å². The average molecular weight is 515 g/mol. The molecule has 3 aromatic rings. The molecule has 8 nitrogen and oxygen atoms in total. The zero-order chi connectivity index (χ0) is 24.0. The van der Waals surface area contributed by atoms with Crippen molar-refractivity contribution in [2.75, 3.05) is 0 Å². The smallest absolute Gasteiger partial charge is 0.332 e. The van der Waals surface area contributed by atoms with Crippen LogP contribution in [0, 0.1) is 0 Å². The van der Waals surface area contributed by atoms with Gasteiger partial charge in [-0.1, -0.05) is 55.1 Å². The van der Waals surface area contributed by atoms with E-state index in [1.807, 2.05) is 0 Å². The van der Waals surface area contributed by atoms with Gasteiger partial charge in [0.1, 0.15) is 0 Å². The molecule has 2 heterocycles. The van der Waals surface area contributed by atoms with Crippen molar-refractivity contribution in [3.05, 3.63) is 59.9 Å². The molecule has 0 aliphatic carbocycles. The molecule has 1 amide bonds. The minimum absolute atomic E-state index is 0.0694. The fourth-order valence-electron chi connectivity index (χ4n) is 3.58. The lowest BCUT2D eigenvalue weighted by atomic mass is 10.2. The van der Waals surface area contributed by atoms with Gasteiger partial charge in [0.2, 0.25) is 11.2 Å². The van der Waals surface area contributed by atoms with Crippen LogP contribution in [0.1, 0.15) is 51.0 Å². The fraction of sp³-hybridized carbons (Fsp3) is 0.455. The summed E-state index contributed by atoms with van der Waals surface area (Å²) in [6, 6.07) is 5.25. The molecule has 178 valence electrons. The quantitative estimate of drug-likeness (QED) is 0.290. The molecule has 2 aromatic heterocycles. The van der Waals surface area contributed by atoms with Crippen LogP contribution in [0.5, 0.6) is 0 Å². The van der Waals surface area contributed by atoms with Gasteiger partial charge in [-0.15, -0.1) is 0 Å². The second-order valence-electron chi connectivity index (χ2n) is 7.77. The maximum Gasteiger partial charge on any atom is 0.332 e. The summed E-state index contributed by atoms with van der Waals surface area (Å²) < 4.78 is 2.68. The Hall–Kier alpha value is -2.29. The second-order valence-corrected chi connectivity index (χ2v) is 8.91. The number of hydrogen-bond acceptors (Lipinski definition) is 4. The second kappa shape index (κ2) is 11.7. The number of aromatic nitrogens is 4. The third-order valence-corrected chi connectivity index (χ3v) is 6.40. The number of nitrogens with zero attached hydrogens (tertiary/aromatic N) is 3. The van der Waals surface area contributed by atoms with Crippen molar-refractivity contribution in [2.24, 2.45) is 0 Å². The van der Waals surface area contributed by atoms with Crippen LogP contribution in [-0.2, 0) is 24.4 Å². The lowest BCUT2D eigenvalue weighted by Crippen LogP contribution is -2.40. The lowest BCUT2D eigenvalue weighted by molar-refractivity contribution is -0.121. The third kappa shape index (κ3) is 6.19. The fourth-order valence-corrected chi connectivity index (χ4v) is 4.14. The van der Waals surface area contributed by atoms with Crippen LogP contribution in [0.3, 0.4) is 0 Å². The normalized spacial score (nSPS) is 11.3. The van der Waals surface area contributed by atoms with Gasteiger partial charge >= 0.3 is 5.69 Å². The highest BCUT2D eigenvalue weighted by molar-refractivity contribution is 6.42. The SMILES string of the molecule is CCCCCn1c(=O)n(CCCCC(=O)NCc2cccc(Cl)c2Cl)c(=O)c2[nH]c(Cl)nc21. The predicted molar refractivity (Wildman–Crippen MR) is 131 cm³/mol. The average Bonchev–Trinajstić information content (AvgIpc) is 3.18. The van der Waals surface area contributed by atoms with Gasteiger partial charge in [-0.3, -0.25) is 18.7 Å². The molecular formula is C22H26Cl3N5O3. The first-order valence-electron chi connectivity index (χ1n) is 10.9. The van der Waals surface area contributed by atoms with E-state index in [-0.39, 0.29) is 41.9 Å². The Bertz CT molecular complexity index is 1250. The first-order chi connectivity index (χ1) is 15.8. The van der Waals surface area contributed by atoms with Gasteiger partial charge in [-0.05, 0) is 42.5 Å². The molecule has 0 fully saturated rings. The maximum atomic E-state index is 13.0. The molecule has 0 aliphatic heterocycles. The van der Waals surface area contributed by atoms with Crippen LogP contribution >= 0.6 is 34.8 Å². The highest BCUT2D eigenvalue weighted by Crippen LogP contribution is 2.25. The van der Waals surface area contributed by atoms with Crippen LogP contribution < -0.4 is 16.6 Å². The van der Waals surface area contributed by atoms with Crippen molar-refractivity contribution in [1.82, 2.24) is 24.4 Å². The minimum atomic E-state index is -0.457. The summed E-state index contributed by atoms with van der Waals surface area (Å²) >= 11 is 18.1. The molecule has 0 spiro atoms. The van der Waals surface area contributed by atoms with Gasteiger partial charge in [0, 0.05) is 26.1 Å². The molecule has 0 saturated heterocycles. The Labute approximate surface area is 205 Å². The third-order valence-electron chi connectivity index (χ3n) is 5.36. The van der Waals surface area contributed by atoms with Crippen LogP contribution in [-0.4, -0.2) is 25.0 Å². The number of hydrogen-bond donors (Lipinski definition) is 2. The van der Waals surface area contributed by atoms with E-state index in [1.54, 1.807) is 18.2 Å². The Morgan fingerprint density at radius 1 is 1.06 bits per heavy atom. The minimum Gasteiger partial charge on any atom is -0.352 e. The number of unbranched alkanes of at least 4 members (excludes halogenated alkanes) is 3. The van der Waals surface area contributed by atoms with Crippen molar-refractivity contribution in [3.8, 4) is 0 Å². The Kier molecular flexibility index (Phi) is 9.00. The summed E-state index contributed by atoms with van der Waals surface area (Å²) in [5.74, 6) is -0.147. The van der Waals surface area contributed by atoms with E-state index >= 15 is 0 Å². The van der Waals surface area contributed by atoms with E-state index < -0.39 is 11.2 Å². The van der Waals surface area contributed by atoms with Gasteiger partial charge in [-0.25, -0.2) is 4.79 Å². The molecule has 0 aliphatic rings. The van der Waals surface area contributed by atoms with Crippen LogP contribution in [0.25, 0.3) is 11.2 Å². The number of rotatable bonds is 11. The van der Waals surface area contributed by atoms with Crippen LogP contribution in [0.2, 0.25) is 15.3 Å². The van der Waals surface area contributed by atoms with Gasteiger partial charge in [0.25, 0.3) is 5.56 Å². The molecule has 0 saturated carbocycles. The lowest BCUT2D eigenvalue weighted by Gasteiger charge is -2.11.